The predicted octanol–water partition coefficient (Wildman–Crippen LogP) is 2.68. The summed E-state index contributed by atoms with van der Waals surface area (Å²) >= 11 is 0. The zero-order chi connectivity index (χ0) is 11.0. The minimum absolute atomic E-state index is 0.157. The van der Waals surface area contributed by atoms with E-state index in [2.05, 4.69) is 11.7 Å². The Kier molecular flexibility index (Phi) is 7.07. The quantitative estimate of drug-likeness (QED) is 0.489. The fourth-order valence-electron chi connectivity index (χ4n) is 1.10. The van der Waals surface area contributed by atoms with Crippen LogP contribution in [-0.4, -0.2) is 11.9 Å². The number of hydrogen-bond acceptors (Lipinski definition) is 3. The first-order valence-corrected chi connectivity index (χ1v) is 5.36. The van der Waals surface area contributed by atoms with Gasteiger partial charge in [-0.15, -0.1) is 0 Å². The molecule has 0 rings (SSSR count). The molecule has 0 aromatic heterocycles. The highest BCUT2D eigenvalue weighted by molar-refractivity contribution is 5.86. The van der Waals surface area contributed by atoms with Gasteiger partial charge >= 0.3 is 11.9 Å². The van der Waals surface area contributed by atoms with Crippen LogP contribution in [0.2, 0.25) is 0 Å². The second kappa shape index (κ2) is 7.54. The van der Waals surface area contributed by atoms with Crippen LogP contribution in [0.3, 0.4) is 0 Å². The summed E-state index contributed by atoms with van der Waals surface area (Å²) < 4.78 is 4.67. The average molecular weight is 200 g/mol. The summed E-state index contributed by atoms with van der Waals surface area (Å²) in [4.78, 5) is 22.3. The number of carbonyl (C=O) groups excluding carboxylic acids is 2. The number of esters is 2. The molecule has 0 N–H and O–H groups in total. The van der Waals surface area contributed by atoms with Gasteiger partial charge in [0.05, 0.1) is 5.92 Å². The highest BCUT2D eigenvalue weighted by Crippen LogP contribution is 2.10. The van der Waals surface area contributed by atoms with Crippen molar-refractivity contribution in [2.24, 2.45) is 5.92 Å². The molecule has 82 valence electrons. The summed E-state index contributed by atoms with van der Waals surface area (Å²) in [6, 6.07) is 0. The first-order valence-electron chi connectivity index (χ1n) is 5.36. The average Bonchev–Trinajstić information content (AvgIpc) is 2.14. The van der Waals surface area contributed by atoms with Crippen molar-refractivity contribution in [2.45, 2.75) is 52.9 Å². The van der Waals surface area contributed by atoms with E-state index in [4.69, 9.17) is 0 Å². The highest BCUT2D eigenvalue weighted by Gasteiger charge is 2.16. The molecule has 0 radical (unpaired) electrons. The molecule has 0 aliphatic rings. The van der Waals surface area contributed by atoms with Gasteiger partial charge in [0.2, 0.25) is 0 Å². The summed E-state index contributed by atoms with van der Waals surface area (Å²) in [7, 11) is 0. The molecule has 0 spiro atoms. The van der Waals surface area contributed by atoms with Crippen LogP contribution in [0.1, 0.15) is 52.9 Å². The summed E-state index contributed by atoms with van der Waals surface area (Å²) in [6.45, 7) is 5.75. The third-order valence-corrected chi connectivity index (χ3v) is 2.06. The van der Waals surface area contributed by atoms with Gasteiger partial charge in [-0.1, -0.05) is 33.6 Å². The van der Waals surface area contributed by atoms with Crippen LogP contribution in [-0.2, 0) is 14.3 Å². The number of carbonyl (C=O) groups is 2. The van der Waals surface area contributed by atoms with E-state index in [-0.39, 0.29) is 11.9 Å². The largest absolute Gasteiger partial charge is 0.393 e. The minimum Gasteiger partial charge on any atom is -0.393 e. The lowest BCUT2D eigenvalue weighted by molar-refractivity contribution is -0.162. The Morgan fingerprint density at radius 1 is 1.21 bits per heavy atom. The zero-order valence-electron chi connectivity index (χ0n) is 9.34. The SMILES string of the molecule is CCCCC(C)C(=O)OC(=O)CCC. The van der Waals surface area contributed by atoms with Crippen molar-refractivity contribution in [2.75, 3.05) is 0 Å². The van der Waals surface area contributed by atoms with Gasteiger partial charge in [-0.05, 0) is 12.8 Å². The zero-order valence-corrected chi connectivity index (χ0v) is 9.34. The van der Waals surface area contributed by atoms with Crippen molar-refractivity contribution >= 4 is 11.9 Å². The maximum Gasteiger partial charge on any atom is 0.316 e. The van der Waals surface area contributed by atoms with Gasteiger partial charge < -0.3 is 4.74 Å². The molecule has 3 nitrogen and oxygen atoms in total. The lowest BCUT2D eigenvalue weighted by Gasteiger charge is -2.08. The Morgan fingerprint density at radius 3 is 2.36 bits per heavy atom. The second-order valence-electron chi connectivity index (χ2n) is 3.59. The Bertz CT molecular complexity index is 187. The van der Waals surface area contributed by atoms with Gasteiger partial charge in [0.25, 0.3) is 0 Å². The summed E-state index contributed by atoms with van der Waals surface area (Å²) in [5.74, 6) is -0.937. The van der Waals surface area contributed by atoms with E-state index in [1.807, 2.05) is 6.92 Å². The van der Waals surface area contributed by atoms with Gasteiger partial charge in [-0.25, -0.2) is 0 Å². The molecular weight excluding hydrogens is 180 g/mol. The monoisotopic (exact) mass is 200 g/mol. The van der Waals surface area contributed by atoms with E-state index in [9.17, 15) is 9.59 Å². The molecule has 0 amide bonds. The van der Waals surface area contributed by atoms with E-state index < -0.39 is 5.97 Å². The van der Waals surface area contributed by atoms with Crippen molar-refractivity contribution in [3.63, 3.8) is 0 Å². The molecule has 14 heavy (non-hydrogen) atoms. The molecule has 0 aliphatic heterocycles. The number of ether oxygens (including phenoxy) is 1. The van der Waals surface area contributed by atoms with Crippen LogP contribution >= 0.6 is 0 Å². The van der Waals surface area contributed by atoms with Crippen LogP contribution in [0.25, 0.3) is 0 Å². The minimum atomic E-state index is -0.402. The Morgan fingerprint density at radius 2 is 1.86 bits per heavy atom. The Labute approximate surface area is 85.8 Å². The molecule has 0 heterocycles. The van der Waals surface area contributed by atoms with Gasteiger partial charge in [-0.2, -0.15) is 0 Å². The maximum atomic E-state index is 11.3. The molecule has 0 fully saturated rings. The van der Waals surface area contributed by atoms with Crippen molar-refractivity contribution < 1.29 is 14.3 Å². The van der Waals surface area contributed by atoms with Gasteiger partial charge in [0, 0.05) is 6.42 Å². The Balaban J connectivity index is 3.76. The standard InChI is InChI=1S/C11H20O3/c1-4-6-8-9(3)11(13)14-10(12)7-5-2/h9H,4-8H2,1-3H3. The van der Waals surface area contributed by atoms with Crippen molar-refractivity contribution in [1.29, 1.82) is 0 Å². The molecule has 3 heteroatoms. The maximum absolute atomic E-state index is 11.3. The smallest absolute Gasteiger partial charge is 0.316 e. The first-order chi connectivity index (χ1) is 6.61. The molecule has 0 saturated heterocycles. The molecule has 0 aliphatic carbocycles. The molecule has 0 aromatic rings. The van der Waals surface area contributed by atoms with Crippen molar-refractivity contribution in [3.05, 3.63) is 0 Å². The van der Waals surface area contributed by atoms with E-state index in [0.717, 1.165) is 25.7 Å². The van der Waals surface area contributed by atoms with E-state index >= 15 is 0 Å². The van der Waals surface area contributed by atoms with Gasteiger partial charge in [0.15, 0.2) is 0 Å². The van der Waals surface area contributed by atoms with Crippen molar-refractivity contribution in [1.82, 2.24) is 0 Å². The van der Waals surface area contributed by atoms with Crippen LogP contribution in [0.15, 0.2) is 0 Å². The lowest BCUT2D eigenvalue weighted by Crippen LogP contribution is -2.18. The molecular formula is C11H20O3. The summed E-state index contributed by atoms with van der Waals surface area (Å²) in [6.07, 6.45) is 3.90. The van der Waals surface area contributed by atoms with E-state index in [0.29, 0.717) is 6.42 Å². The van der Waals surface area contributed by atoms with E-state index in [1.165, 1.54) is 0 Å². The van der Waals surface area contributed by atoms with Crippen LogP contribution in [0.5, 0.6) is 0 Å². The fourth-order valence-corrected chi connectivity index (χ4v) is 1.10. The molecule has 1 atom stereocenters. The lowest BCUT2D eigenvalue weighted by atomic mass is 10.1. The highest BCUT2D eigenvalue weighted by atomic mass is 16.6. The number of unbranched alkanes of at least 4 members (excludes halogenated alkanes) is 1. The molecule has 1 unspecified atom stereocenters. The topological polar surface area (TPSA) is 43.4 Å². The third-order valence-electron chi connectivity index (χ3n) is 2.06. The van der Waals surface area contributed by atoms with Gasteiger partial charge in [0.1, 0.15) is 0 Å². The fraction of sp³-hybridized carbons (Fsp3) is 0.818. The van der Waals surface area contributed by atoms with Crippen LogP contribution in [0.4, 0.5) is 0 Å². The van der Waals surface area contributed by atoms with Gasteiger partial charge in [-0.3, -0.25) is 9.59 Å². The summed E-state index contributed by atoms with van der Waals surface area (Å²) in [5.41, 5.74) is 0. The molecule has 0 aromatic carbocycles. The molecule has 0 bridgehead atoms. The van der Waals surface area contributed by atoms with Crippen LogP contribution < -0.4 is 0 Å². The van der Waals surface area contributed by atoms with Crippen molar-refractivity contribution in [3.8, 4) is 0 Å². The third kappa shape index (κ3) is 5.73. The van der Waals surface area contributed by atoms with E-state index in [1.54, 1.807) is 6.92 Å². The predicted molar refractivity (Wildman–Crippen MR) is 54.7 cm³/mol. The normalized spacial score (nSPS) is 12.2. The number of hydrogen-bond donors (Lipinski definition) is 0. The molecule has 0 saturated carbocycles. The summed E-state index contributed by atoms with van der Waals surface area (Å²) in [5, 5.41) is 0. The van der Waals surface area contributed by atoms with Crippen LogP contribution in [0, 0.1) is 5.92 Å². The second-order valence-corrected chi connectivity index (χ2v) is 3.59. The number of rotatable bonds is 6. The first kappa shape index (κ1) is 13.1. The Hall–Kier alpha value is -0.860.